The number of benzene rings is 7. The topological polar surface area (TPSA) is 48.5 Å². The van der Waals surface area contributed by atoms with Gasteiger partial charge in [-0.25, -0.2) is 15.0 Å². The molecule has 11 aromatic rings. The zero-order valence-electron chi connectivity index (χ0n) is 30.3. The summed E-state index contributed by atoms with van der Waals surface area (Å²) in [5.74, 6) is 0.672. The van der Waals surface area contributed by atoms with Crippen molar-refractivity contribution in [3.8, 4) is 56.4 Å². The van der Waals surface area contributed by atoms with Gasteiger partial charge in [0.25, 0.3) is 0 Å². The van der Waals surface area contributed by atoms with E-state index in [4.69, 9.17) is 15.0 Å². The lowest BCUT2D eigenvalue weighted by atomic mass is 9.98. The van der Waals surface area contributed by atoms with Gasteiger partial charge in [-0.15, -0.1) is 0 Å². The van der Waals surface area contributed by atoms with Crippen molar-refractivity contribution in [3.05, 3.63) is 200 Å². The van der Waals surface area contributed by atoms with Crippen LogP contribution in [0.1, 0.15) is 0 Å². The third-order valence-electron chi connectivity index (χ3n) is 10.8. The van der Waals surface area contributed by atoms with E-state index in [1.165, 1.54) is 27.4 Å². The van der Waals surface area contributed by atoms with Crippen LogP contribution >= 0.6 is 0 Å². The Morgan fingerprint density at radius 2 is 0.964 bits per heavy atom. The number of para-hydroxylation sites is 2. The van der Waals surface area contributed by atoms with Gasteiger partial charge < -0.3 is 4.57 Å². The number of fused-ring (bicyclic) bond motifs is 6. The van der Waals surface area contributed by atoms with Crippen molar-refractivity contribution in [3.63, 3.8) is 0 Å². The summed E-state index contributed by atoms with van der Waals surface area (Å²) in [6.45, 7) is 0. The van der Waals surface area contributed by atoms with Crippen LogP contribution in [-0.2, 0) is 0 Å². The standard InChI is InChI=1S/C51H33N5/c1-4-15-34(16-5-1)44-33-45(35-17-6-2-7-18-35)54-50(53-44)37-19-12-22-39(31-37)56-47-29-28-36(32-43(47)41-25-14-30-52-51(41)56)40-24-13-27-48-49(40)42-23-10-11-26-46(42)55(48)38-20-8-3-9-21-38/h1-33H. The van der Waals surface area contributed by atoms with Crippen LogP contribution in [0.15, 0.2) is 200 Å². The predicted molar refractivity (Wildman–Crippen MR) is 230 cm³/mol. The van der Waals surface area contributed by atoms with Gasteiger partial charge in [0.2, 0.25) is 0 Å². The van der Waals surface area contributed by atoms with Gasteiger partial charge in [0, 0.05) is 55.8 Å². The van der Waals surface area contributed by atoms with E-state index in [0.29, 0.717) is 5.82 Å². The maximum Gasteiger partial charge on any atom is 0.160 e. The SMILES string of the molecule is c1ccc(-c2cc(-c3ccccc3)nc(-c3cccc(-n4c5ccc(-c6cccc7c6c6ccccc6n7-c6ccccc6)cc5c5cccnc54)c3)n2)cc1. The molecule has 4 aromatic heterocycles. The van der Waals surface area contributed by atoms with E-state index in [-0.39, 0.29) is 0 Å². The van der Waals surface area contributed by atoms with Gasteiger partial charge in [0.05, 0.1) is 27.9 Å². The maximum atomic E-state index is 5.12. The molecule has 0 aliphatic heterocycles. The van der Waals surface area contributed by atoms with Crippen molar-refractivity contribution in [1.29, 1.82) is 0 Å². The fourth-order valence-electron chi connectivity index (χ4n) is 8.26. The zero-order chi connectivity index (χ0) is 37.0. The number of pyridine rings is 1. The van der Waals surface area contributed by atoms with Crippen LogP contribution in [0.25, 0.3) is 100 Å². The van der Waals surface area contributed by atoms with E-state index in [9.17, 15) is 0 Å². The summed E-state index contributed by atoms with van der Waals surface area (Å²) in [5, 5.41) is 4.72. The second-order valence-corrected chi connectivity index (χ2v) is 14.1. The van der Waals surface area contributed by atoms with Crippen LogP contribution in [0.3, 0.4) is 0 Å². The summed E-state index contributed by atoms with van der Waals surface area (Å²) in [6, 6.07) is 68.2. The Hall–Kier alpha value is -7.63. The van der Waals surface area contributed by atoms with Gasteiger partial charge in [-0.3, -0.25) is 4.57 Å². The third kappa shape index (κ3) is 5.21. The lowest BCUT2D eigenvalue weighted by Gasteiger charge is -2.12. The third-order valence-corrected chi connectivity index (χ3v) is 10.8. The molecule has 0 amide bonds. The lowest BCUT2D eigenvalue weighted by molar-refractivity contribution is 1.13. The largest absolute Gasteiger partial charge is 0.309 e. The van der Waals surface area contributed by atoms with Gasteiger partial charge in [0.15, 0.2) is 5.82 Å². The molecule has 7 aromatic carbocycles. The smallest absolute Gasteiger partial charge is 0.160 e. The minimum atomic E-state index is 0.672. The molecule has 0 radical (unpaired) electrons. The molecule has 0 N–H and O–H groups in total. The molecule has 0 unspecified atom stereocenters. The van der Waals surface area contributed by atoms with Gasteiger partial charge >= 0.3 is 0 Å². The Kier molecular flexibility index (Phi) is 7.42. The number of hydrogen-bond acceptors (Lipinski definition) is 3. The van der Waals surface area contributed by atoms with Gasteiger partial charge in [-0.05, 0) is 77.9 Å². The maximum absolute atomic E-state index is 5.12. The van der Waals surface area contributed by atoms with Gasteiger partial charge in [-0.2, -0.15) is 0 Å². The molecule has 0 aliphatic rings. The van der Waals surface area contributed by atoms with Crippen molar-refractivity contribution in [2.24, 2.45) is 0 Å². The Labute approximate surface area is 323 Å². The number of aromatic nitrogens is 5. The quantitative estimate of drug-likeness (QED) is 0.172. The van der Waals surface area contributed by atoms with E-state index in [1.54, 1.807) is 0 Å². The molecule has 5 heteroatoms. The van der Waals surface area contributed by atoms with Crippen molar-refractivity contribution in [2.45, 2.75) is 0 Å². The van der Waals surface area contributed by atoms with Crippen LogP contribution in [-0.4, -0.2) is 24.1 Å². The monoisotopic (exact) mass is 715 g/mol. The Balaban J connectivity index is 1.08. The summed E-state index contributed by atoms with van der Waals surface area (Å²) in [4.78, 5) is 15.2. The first-order chi connectivity index (χ1) is 27.8. The molecule has 0 spiro atoms. The molecule has 56 heavy (non-hydrogen) atoms. The van der Waals surface area contributed by atoms with E-state index in [0.717, 1.165) is 67.0 Å². The molecule has 11 rings (SSSR count). The molecule has 0 aliphatic carbocycles. The van der Waals surface area contributed by atoms with Crippen LogP contribution in [0.2, 0.25) is 0 Å². The fraction of sp³-hybridized carbons (Fsp3) is 0. The molecule has 262 valence electrons. The molecular formula is C51H33N5. The Morgan fingerprint density at radius 1 is 0.357 bits per heavy atom. The first-order valence-electron chi connectivity index (χ1n) is 18.9. The van der Waals surface area contributed by atoms with Gasteiger partial charge in [-0.1, -0.05) is 127 Å². The minimum absolute atomic E-state index is 0.672. The van der Waals surface area contributed by atoms with Gasteiger partial charge in [0.1, 0.15) is 5.65 Å². The summed E-state index contributed by atoms with van der Waals surface area (Å²) in [5.41, 5.74) is 13.7. The summed E-state index contributed by atoms with van der Waals surface area (Å²) >= 11 is 0. The van der Waals surface area contributed by atoms with E-state index in [2.05, 4.69) is 161 Å². The average Bonchev–Trinajstić information content (AvgIpc) is 3.80. The lowest BCUT2D eigenvalue weighted by Crippen LogP contribution is -1.98. The molecule has 0 bridgehead atoms. The second kappa shape index (κ2) is 13.0. The van der Waals surface area contributed by atoms with Crippen molar-refractivity contribution in [2.75, 3.05) is 0 Å². The van der Waals surface area contributed by atoms with E-state index in [1.807, 2.05) is 48.7 Å². The highest BCUT2D eigenvalue weighted by Gasteiger charge is 2.19. The highest BCUT2D eigenvalue weighted by Crippen LogP contribution is 2.41. The summed E-state index contributed by atoms with van der Waals surface area (Å²) in [6.07, 6.45) is 1.88. The first kappa shape index (κ1) is 31.9. The number of rotatable bonds is 6. The van der Waals surface area contributed by atoms with Crippen molar-refractivity contribution < 1.29 is 0 Å². The Morgan fingerprint density at radius 3 is 1.73 bits per heavy atom. The molecule has 0 saturated heterocycles. The molecule has 0 atom stereocenters. The highest BCUT2D eigenvalue weighted by molar-refractivity contribution is 6.17. The van der Waals surface area contributed by atoms with Crippen LogP contribution in [0.5, 0.6) is 0 Å². The van der Waals surface area contributed by atoms with E-state index < -0.39 is 0 Å². The van der Waals surface area contributed by atoms with Crippen molar-refractivity contribution >= 4 is 43.7 Å². The predicted octanol–water partition coefficient (Wildman–Crippen LogP) is 12.7. The van der Waals surface area contributed by atoms with E-state index >= 15 is 0 Å². The van der Waals surface area contributed by atoms with Crippen molar-refractivity contribution in [1.82, 2.24) is 24.1 Å². The molecular weight excluding hydrogens is 683 g/mol. The zero-order valence-corrected chi connectivity index (χ0v) is 30.3. The van der Waals surface area contributed by atoms with Crippen LogP contribution < -0.4 is 0 Å². The molecule has 5 nitrogen and oxygen atoms in total. The van der Waals surface area contributed by atoms with Crippen LogP contribution in [0, 0.1) is 0 Å². The number of hydrogen-bond donors (Lipinski definition) is 0. The molecule has 0 fully saturated rings. The summed E-state index contributed by atoms with van der Waals surface area (Å²) < 4.78 is 4.64. The Bertz CT molecular complexity index is 3180. The first-order valence-corrected chi connectivity index (χ1v) is 18.9. The van der Waals surface area contributed by atoms with Crippen LogP contribution in [0.4, 0.5) is 0 Å². The average molecular weight is 716 g/mol. The minimum Gasteiger partial charge on any atom is -0.309 e. The highest BCUT2D eigenvalue weighted by atomic mass is 15.0. The molecule has 0 saturated carbocycles. The summed E-state index contributed by atoms with van der Waals surface area (Å²) in [7, 11) is 0. The number of nitrogens with zero attached hydrogens (tertiary/aromatic N) is 5. The molecule has 4 heterocycles. The normalized spacial score (nSPS) is 11.6. The fourth-order valence-corrected chi connectivity index (χ4v) is 8.26. The second-order valence-electron chi connectivity index (χ2n) is 14.1.